The van der Waals surface area contributed by atoms with Crippen LogP contribution in [0.15, 0.2) is 57.9 Å². The molecule has 1 unspecified atom stereocenters. The highest BCUT2D eigenvalue weighted by Crippen LogP contribution is 2.21. The Morgan fingerprint density at radius 3 is 2.38 bits per heavy atom. The van der Waals surface area contributed by atoms with Gasteiger partial charge in [0.2, 0.25) is 10.0 Å². The van der Waals surface area contributed by atoms with E-state index in [1.54, 1.807) is 25.1 Å². The molecule has 0 saturated heterocycles. The summed E-state index contributed by atoms with van der Waals surface area (Å²) in [5, 5.41) is 9.27. The minimum absolute atomic E-state index is 0.108. The molecule has 6 heteroatoms. The summed E-state index contributed by atoms with van der Waals surface area (Å²) in [6.45, 7) is 1.46. The first-order chi connectivity index (χ1) is 9.94. The van der Waals surface area contributed by atoms with E-state index in [0.717, 1.165) is 10.0 Å². The monoisotopic (exact) mass is 369 g/mol. The Balaban J connectivity index is 2.26. The van der Waals surface area contributed by atoms with Gasteiger partial charge in [-0.3, -0.25) is 0 Å². The van der Waals surface area contributed by atoms with Gasteiger partial charge in [-0.15, -0.1) is 0 Å². The molecular formula is C15H16BrNO3S. The number of aliphatic hydroxyl groups excluding tert-OH is 1. The molecule has 112 valence electrons. The number of aliphatic hydroxyl groups is 1. The van der Waals surface area contributed by atoms with Crippen molar-refractivity contribution in [3.63, 3.8) is 0 Å². The van der Waals surface area contributed by atoms with Crippen LogP contribution in [0.25, 0.3) is 0 Å². The van der Waals surface area contributed by atoms with Gasteiger partial charge in [0.25, 0.3) is 0 Å². The SMILES string of the molecule is CC(NS(=O)(=O)c1ccccc1CO)c1ccc(Br)cc1. The lowest BCUT2D eigenvalue weighted by molar-refractivity contribution is 0.278. The second kappa shape index (κ2) is 6.70. The molecule has 0 radical (unpaired) electrons. The molecule has 2 rings (SSSR count). The first-order valence-electron chi connectivity index (χ1n) is 6.40. The fourth-order valence-electron chi connectivity index (χ4n) is 2.01. The Morgan fingerprint density at radius 2 is 1.76 bits per heavy atom. The van der Waals surface area contributed by atoms with Crippen molar-refractivity contribution in [1.82, 2.24) is 4.72 Å². The molecule has 0 bridgehead atoms. The van der Waals surface area contributed by atoms with Crippen LogP contribution in [-0.4, -0.2) is 13.5 Å². The summed E-state index contributed by atoms with van der Waals surface area (Å²) in [6.07, 6.45) is 0. The van der Waals surface area contributed by atoms with Crippen LogP contribution in [0, 0.1) is 0 Å². The van der Waals surface area contributed by atoms with E-state index in [2.05, 4.69) is 20.7 Å². The quantitative estimate of drug-likeness (QED) is 0.851. The van der Waals surface area contributed by atoms with E-state index >= 15 is 0 Å². The molecular weight excluding hydrogens is 354 g/mol. The summed E-state index contributed by atoms with van der Waals surface area (Å²) >= 11 is 3.35. The van der Waals surface area contributed by atoms with Gasteiger partial charge in [0.05, 0.1) is 11.5 Å². The van der Waals surface area contributed by atoms with Crippen molar-refractivity contribution in [1.29, 1.82) is 0 Å². The summed E-state index contributed by atoms with van der Waals surface area (Å²) in [6, 6.07) is 13.5. The summed E-state index contributed by atoms with van der Waals surface area (Å²) in [5.41, 5.74) is 1.25. The fourth-order valence-corrected chi connectivity index (χ4v) is 3.74. The van der Waals surface area contributed by atoms with Crippen molar-refractivity contribution in [2.75, 3.05) is 0 Å². The largest absolute Gasteiger partial charge is 0.392 e. The van der Waals surface area contributed by atoms with Gasteiger partial charge in [-0.1, -0.05) is 46.3 Å². The van der Waals surface area contributed by atoms with Crippen LogP contribution in [0.4, 0.5) is 0 Å². The molecule has 0 amide bonds. The summed E-state index contributed by atoms with van der Waals surface area (Å²) < 4.78 is 28.4. The highest BCUT2D eigenvalue weighted by molar-refractivity contribution is 9.10. The molecule has 2 N–H and O–H groups in total. The van der Waals surface area contributed by atoms with E-state index in [1.807, 2.05) is 24.3 Å². The van der Waals surface area contributed by atoms with Crippen molar-refractivity contribution in [2.24, 2.45) is 0 Å². The van der Waals surface area contributed by atoms with Crippen molar-refractivity contribution < 1.29 is 13.5 Å². The molecule has 2 aromatic carbocycles. The molecule has 0 saturated carbocycles. The third-order valence-corrected chi connectivity index (χ3v) is 5.30. The molecule has 0 aliphatic heterocycles. The topological polar surface area (TPSA) is 66.4 Å². The smallest absolute Gasteiger partial charge is 0.241 e. The van der Waals surface area contributed by atoms with E-state index in [0.29, 0.717) is 5.56 Å². The van der Waals surface area contributed by atoms with E-state index in [4.69, 9.17) is 0 Å². The highest BCUT2D eigenvalue weighted by atomic mass is 79.9. The van der Waals surface area contributed by atoms with Crippen LogP contribution in [0.5, 0.6) is 0 Å². The predicted octanol–water partition coefficient (Wildman–Crippen LogP) is 2.98. The second-order valence-corrected chi connectivity index (χ2v) is 7.26. The number of hydrogen-bond donors (Lipinski definition) is 2. The zero-order valence-corrected chi connectivity index (χ0v) is 13.9. The highest BCUT2D eigenvalue weighted by Gasteiger charge is 2.20. The van der Waals surface area contributed by atoms with Gasteiger partial charge in [0.15, 0.2) is 0 Å². The molecule has 1 atom stereocenters. The Morgan fingerprint density at radius 1 is 1.14 bits per heavy atom. The van der Waals surface area contributed by atoms with Crippen LogP contribution in [0.1, 0.15) is 24.1 Å². The van der Waals surface area contributed by atoms with Gasteiger partial charge >= 0.3 is 0 Å². The molecule has 2 aromatic rings. The lowest BCUT2D eigenvalue weighted by atomic mass is 10.1. The lowest BCUT2D eigenvalue weighted by Crippen LogP contribution is -2.27. The minimum atomic E-state index is -3.68. The van der Waals surface area contributed by atoms with E-state index in [1.165, 1.54) is 6.07 Å². The average molecular weight is 370 g/mol. The maximum Gasteiger partial charge on any atom is 0.241 e. The zero-order valence-electron chi connectivity index (χ0n) is 11.5. The van der Waals surface area contributed by atoms with Crippen LogP contribution in [0.3, 0.4) is 0 Å². The van der Waals surface area contributed by atoms with Crippen molar-refractivity contribution in [2.45, 2.75) is 24.5 Å². The van der Waals surface area contributed by atoms with Gasteiger partial charge < -0.3 is 5.11 Å². The molecule has 0 spiro atoms. The molecule has 21 heavy (non-hydrogen) atoms. The number of hydrogen-bond acceptors (Lipinski definition) is 3. The predicted molar refractivity (Wildman–Crippen MR) is 85.2 cm³/mol. The van der Waals surface area contributed by atoms with Crippen LogP contribution in [-0.2, 0) is 16.6 Å². The first-order valence-corrected chi connectivity index (χ1v) is 8.68. The van der Waals surface area contributed by atoms with Gasteiger partial charge in [-0.2, -0.15) is 0 Å². The number of rotatable bonds is 5. The molecule has 0 fully saturated rings. The van der Waals surface area contributed by atoms with Crippen LogP contribution < -0.4 is 4.72 Å². The Bertz CT molecular complexity index is 714. The van der Waals surface area contributed by atoms with Gasteiger partial charge in [-0.05, 0) is 36.2 Å². The van der Waals surface area contributed by atoms with E-state index in [9.17, 15) is 13.5 Å². The Hall–Kier alpha value is -1.21. The molecule has 4 nitrogen and oxygen atoms in total. The summed E-state index contributed by atoms with van der Waals surface area (Å²) in [5.74, 6) is 0. The number of halogens is 1. The van der Waals surface area contributed by atoms with E-state index < -0.39 is 10.0 Å². The van der Waals surface area contributed by atoms with Gasteiger partial charge in [-0.25, -0.2) is 13.1 Å². The van der Waals surface area contributed by atoms with Gasteiger partial charge in [0, 0.05) is 10.5 Å². The van der Waals surface area contributed by atoms with Crippen molar-refractivity contribution >= 4 is 26.0 Å². The van der Waals surface area contributed by atoms with Crippen LogP contribution in [0.2, 0.25) is 0 Å². The average Bonchev–Trinajstić information content (AvgIpc) is 2.47. The summed E-state index contributed by atoms with van der Waals surface area (Å²) in [4.78, 5) is 0.108. The number of benzene rings is 2. The number of sulfonamides is 1. The maximum absolute atomic E-state index is 12.4. The maximum atomic E-state index is 12.4. The minimum Gasteiger partial charge on any atom is -0.392 e. The molecule has 0 aliphatic carbocycles. The third kappa shape index (κ3) is 3.91. The Kier molecular flexibility index (Phi) is 5.16. The normalized spacial score (nSPS) is 13.1. The first kappa shape index (κ1) is 16.2. The fraction of sp³-hybridized carbons (Fsp3) is 0.200. The second-order valence-electron chi connectivity index (χ2n) is 4.66. The molecule has 0 aliphatic rings. The lowest BCUT2D eigenvalue weighted by Gasteiger charge is -2.16. The van der Waals surface area contributed by atoms with Gasteiger partial charge in [0.1, 0.15) is 0 Å². The molecule has 0 aromatic heterocycles. The molecule has 0 heterocycles. The zero-order chi connectivity index (χ0) is 15.5. The number of nitrogens with one attached hydrogen (secondary N) is 1. The summed E-state index contributed by atoms with van der Waals surface area (Å²) in [7, 11) is -3.68. The third-order valence-electron chi connectivity index (χ3n) is 3.13. The standard InChI is InChI=1S/C15H16BrNO3S/c1-11(12-6-8-14(16)9-7-12)17-21(19,20)15-5-3-2-4-13(15)10-18/h2-9,11,17-18H,10H2,1H3. The van der Waals surface area contributed by atoms with Crippen molar-refractivity contribution in [3.8, 4) is 0 Å². The Labute approximate surface area is 133 Å². The van der Waals surface area contributed by atoms with Crippen LogP contribution >= 0.6 is 15.9 Å². The van der Waals surface area contributed by atoms with E-state index in [-0.39, 0.29) is 17.5 Å². The van der Waals surface area contributed by atoms with Crippen molar-refractivity contribution in [3.05, 3.63) is 64.1 Å².